The number of carbonyl (C=O) groups is 1. The van der Waals surface area contributed by atoms with Crippen LogP contribution in [0.15, 0.2) is 12.1 Å². The summed E-state index contributed by atoms with van der Waals surface area (Å²) in [5, 5.41) is 3.07. The number of hydrogen-bond acceptors (Lipinski definition) is 4. The summed E-state index contributed by atoms with van der Waals surface area (Å²) < 4.78 is 11.4. The van der Waals surface area contributed by atoms with E-state index in [9.17, 15) is 4.79 Å². The van der Waals surface area contributed by atoms with Gasteiger partial charge in [0.25, 0.3) is 0 Å². The van der Waals surface area contributed by atoms with Crippen molar-refractivity contribution in [3.05, 3.63) is 23.3 Å². The molecule has 0 bridgehead atoms. The molecule has 6 heteroatoms. The summed E-state index contributed by atoms with van der Waals surface area (Å²) in [5.41, 5.74) is 2.41. The molecule has 1 heterocycles. The molecule has 1 N–H and O–H groups in total. The molecule has 0 radical (unpaired) electrons. The minimum atomic E-state index is -0.00406. The standard InChI is InChI=1S/C18H28N2O3.ClH/c1-5-22-16-9-14-7-8-20(18(21)13(3)11-19-4)12-15(14)10-17(16)23-6-2;/h9-10,13,19H,5-8,11-12H2,1-4H3;1H. The highest BCUT2D eigenvalue weighted by atomic mass is 35.5. The summed E-state index contributed by atoms with van der Waals surface area (Å²) in [6.45, 7) is 9.23. The molecule has 1 atom stereocenters. The average Bonchev–Trinajstić information content (AvgIpc) is 2.55. The minimum Gasteiger partial charge on any atom is -0.490 e. The lowest BCUT2D eigenvalue weighted by molar-refractivity contribution is -0.135. The van der Waals surface area contributed by atoms with Crippen LogP contribution in [0.25, 0.3) is 0 Å². The van der Waals surface area contributed by atoms with E-state index in [-0.39, 0.29) is 24.2 Å². The van der Waals surface area contributed by atoms with Crippen LogP contribution < -0.4 is 14.8 Å². The van der Waals surface area contributed by atoms with E-state index >= 15 is 0 Å². The van der Waals surface area contributed by atoms with Gasteiger partial charge in [0.2, 0.25) is 5.91 Å². The molecule has 136 valence electrons. The highest BCUT2D eigenvalue weighted by molar-refractivity contribution is 5.85. The molecular formula is C18H29ClN2O3. The van der Waals surface area contributed by atoms with Crippen LogP contribution in [0.1, 0.15) is 31.9 Å². The fraction of sp³-hybridized carbons (Fsp3) is 0.611. The van der Waals surface area contributed by atoms with Gasteiger partial charge in [-0.3, -0.25) is 4.79 Å². The quantitative estimate of drug-likeness (QED) is 0.816. The predicted molar refractivity (Wildman–Crippen MR) is 98.2 cm³/mol. The maximum absolute atomic E-state index is 12.5. The first kappa shape index (κ1) is 20.6. The number of hydrogen-bond donors (Lipinski definition) is 1. The Kier molecular flexibility index (Phi) is 8.36. The van der Waals surface area contributed by atoms with Gasteiger partial charge in [-0.05, 0) is 50.6 Å². The summed E-state index contributed by atoms with van der Waals surface area (Å²) in [5.74, 6) is 1.77. The van der Waals surface area contributed by atoms with Crippen molar-refractivity contribution >= 4 is 18.3 Å². The van der Waals surface area contributed by atoms with Crippen LogP contribution in [0.4, 0.5) is 0 Å². The minimum absolute atomic E-state index is 0. The summed E-state index contributed by atoms with van der Waals surface area (Å²) in [7, 11) is 1.87. The normalized spacial score (nSPS) is 14.4. The van der Waals surface area contributed by atoms with E-state index in [2.05, 4.69) is 11.4 Å². The number of nitrogens with one attached hydrogen (secondary N) is 1. The average molecular weight is 357 g/mol. The molecule has 0 spiro atoms. The molecule has 0 saturated heterocycles. The summed E-state index contributed by atoms with van der Waals surface area (Å²) in [6, 6.07) is 4.11. The molecule has 0 aromatic heterocycles. The van der Waals surface area contributed by atoms with Crippen molar-refractivity contribution < 1.29 is 14.3 Å². The highest BCUT2D eigenvalue weighted by Gasteiger charge is 2.25. The molecule has 24 heavy (non-hydrogen) atoms. The van der Waals surface area contributed by atoms with Crippen LogP contribution in [0.2, 0.25) is 0 Å². The van der Waals surface area contributed by atoms with Crippen LogP contribution in [-0.2, 0) is 17.8 Å². The van der Waals surface area contributed by atoms with Gasteiger partial charge in [0.1, 0.15) is 0 Å². The molecule has 1 amide bonds. The first-order chi connectivity index (χ1) is 11.1. The Balaban J connectivity index is 0.00000288. The van der Waals surface area contributed by atoms with E-state index in [0.717, 1.165) is 30.0 Å². The number of benzene rings is 1. The van der Waals surface area contributed by atoms with Crippen LogP contribution in [0.3, 0.4) is 0 Å². The lowest BCUT2D eigenvalue weighted by atomic mass is 9.97. The van der Waals surface area contributed by atoms with Gasteiger partial charge in [-0.15, -0.1) is 12.4 Å². The van der Waals surface area contributed by atoms with Crippen LogP contribution in [0, 0.1) is 5.92 Å². The summed E-state index contributed by atoms with van der Waals surface area (Å²) in [4.78, 5) is 14.5. The Morgan fingerprint density at radius 1 is 1.21 bits per heavy atom. The maximum Gasteiger partial charge on any atom is 0.226 e. The number of amides is 1. The maximum atomic E-state index is 12.5. The van der Waals surface area contributed by atoms with Crippen molar-refractivity contribution in [1.82, 2.24) is 10.2 Å². The second-order valence-corrected chi connectivity index (χ2v) is 5.90. The third kappa shape index (κ3) is 4.77. The number of carbonyl (C=O) groups excluding carboxylic acids is 1. The van der Waals surface area contributed by atoms with Gasteiger partial charge in [-0.1, -0.05) is 6.92 Å². The SMILES string of the molecule is CCOc1cc2c(cc1OCC)CN(C(=O)C(C)CNC)CC2.Cl. The first-order valence-electron chi connectivity index (χ1n) is 8.45. The molecule has 1 unspecified atom stereocenters. The molecular weight excluding hydrogens is 328 g/mol. The topological polar surface area (TPSA) is 50.8 Å². The van der Waals surface area contributed by atoms with Crippen LogP contribution in [0.5, 0.6) is 11.5 Å². The molecule has 0 aliphatic carbocycles. The monoisotopic (exact) mass is 356 g/mol. The Morgan fingerprint density at radius 3 is 2.33 bits per heavy atom. The third-order valence-electron chi connectivity index (χ3n) is 4.12. The zero-order valence-electron chi connectivity index (χ0n) is 15.1. The second-order valence-electron chi connectivity index (χ2n) is 5.90. The molecule has 1 aromatic rings. The molecule has 1 aromatic carbocycles. The van der Waals surface area contributed by atoms with Gasteiger partial charge in [0.15, 0.2) is 11.5 Å². The van der Waals surface area contributed by atoms with Crippen molar-refractivity contribution in [2.24, 2.45) is 5.92 Å². The highest BCUT2D eigenvalue weighted by Crippen LogP contribution is 2.34. The Bertz CT molecular complexity index is 551. The number of rotatable bonds is 7. The van der Waals surface area contributed by atoms with Gasteiger partial charge in [0, 0.05) is 25.6 Å². The number of halogens is 1. The van der Waals surface area contributed by atoms with Gasteiger partial charge in [-0.25, -0.2) is 0 Å². The first-order valence-corrected chi connectivity index (χ1v) is 8.45. The molecule has 1 aliphatic heterocycles. The second kappa shape index (κ2) is 9.74. The van der Waals surface area contributed by atoms with E-state index in [1.807, 2.05) is 38.8 Å². The van der Waals surface area contributed by atoms with Gasteiger partial charge in [-0.2, -0.15) is 0 Å². The van der Waals surface area contributed by atoms with E-state index in [1.165, 1.54) is 5.56 Å². The van der Waals surface area contributed by atoms with Crippen molar-refractivity contribution in [1.29, 1.82) is 0 Å². The smallest absolute Gasteiger partial charge is 0.226 e. The van der Waals surface area contributed by atoms with E-state index in [0.29, 0.717) is 26.3 Å². The number of nitrogens with zero attached hydrogens (tertiary/aromatic N) is 1. The predicted octanol–water partition coefficient (Wildman–Crippen LogP) is 2.65. The van der Waals surface area contributed by atoms with Crippen LogP contribution in [-0.4, -0.2) is 44.2 Å². The van der Waals surface area contributed by atoms with Crippen LogP contribution >= 0.6 is 12.4 Å². The molecule has 5 nitrogen and oxygen atoms in total. The fourth-order valence-corrected chi connectivity index (χ4v) is 2.99. The summed E-state index contributed by atoms with van der Waals surface area (Å²) in [6.07, 6.45) is 0.861. The lowest BCUT2D eigenvalue weighted by Gasteiger charge is -2.31. The van der Waals surface area contributed by atoms with Crippen molar-refractivity contribution in [3.63, 3.8) is 0 Å². The fourth-order valence-electron chi connectivity index (χ4n) is 2.99. The zero-order valence-corrected chi connectivity index (χ0v) is 15.9. The van der Waals surface area contributed by atoms with E-state index in [1.54, 1.807) is 0 Å². The summed E-state index contributed by atoms with van der Waals surface area (Å²) >= 11 is 0. The van der Waals surface area contributed by atoms with Crippen molar-refractivity contribution in [2.45, 2.75) is 33.7 Å². The third-order valence-corrected chi connectivity index (χ3v) is 4.12. The van der Waals surface area contributed by atoms with E-state index in [4.69, 9.17) is 9.47 Å². The number of fused-ring (bicyclic) bond motifs is 1. The Morgan fingerprint density at radius 2 is 1.79 bits per heavy atom. The molecule has 2 rings (SSSR count). The molecule has 0 saturated carbocycles. The van der Waals surface area contributed by atoms with Crippen molar-refractivity contribution in [2.75, 3.05) is 33.4 Å². The Labute approximate surface area is 151 Å². The van der Waals surface area contributed by atoms with Gasteiger partial charge >= 0.3 is 0 Å². The van der Waals surface area contributed by atoms with Gasteiger partial charge < -0.3 is 19.7 Å². The number of ether oxygens (including phenoxy) is 2. The lowest BCUT2D eigenvalue weighted by Crippen LogP contribution is -2.41. The van der Waals surface area contributed by atoms with Crippen molar-refractivity contribution in [3.8, 4) is 11.5 Å². The van der Waals surface area contributed by atoms with Gasteiger partial charge in [0.05, 0.1) is 13.2 Å². The molecule has 0 fully saturated rings. The zero-order chi connectivity index (χ0) is 16.8. The van der Waals surface area contributed by atoms with E-state index < -0.39 is 0 Å². The molecule has 1 aliphatic rings. The Hall–Kier alpha value is -1.46. The largest absolute Gasteiger partial charge is 0.490 e.